The predicted octanol–water partition coefficient (Wildman–Crippen LogP) is 1.74. The number of rotatable bonds is 6. The smallest absolute Gasteiger partial charge is 0.323 e. The van der Waals surface area contributed by atoms with Gasteiger partial charge in [0.2, 0.25) is 5.78 Å². The number of urea groups is 1. The van der Waals surface area contributed by atoms with Crippen LogP contribution in [0.15, 0.2) is 53.0 Å². The van der Waals surface area contributed by atoms with Gasteiger partial charge in [0.1, 0.15) is 17.1 Å². The van der Waals surface area contributed by atoms with Crippen LogP contribution in [0.25, 0.3) is 0 Å². The van der Waals surface area contributed by atoms with Crippen molar-refractivity contribution in [3.8, 4) is 5.75 Å². The van der Waals surface area contributed by atoms with Crippen LogP contribution in [0.1, 0.15) is 22.3 Å². The molecular weight excluding hydrogens is 604 g/mol. The summed E-state index contributed by atoms with van der Waals surface area (Å²) in [6.45, 7) is 0. The van der Waals surface area contributed by atoms with E-state index >= 15 is 0 Å². The van der Waals surface area contributed by atoms with Crippen LogP contribution in [0.4, 0.5) is 27.5 Å². The van der Waals surface area contributed by atoms with Gasteiger partial charge in [-0.15, -0.1) is 0 Å². The lowest BCUT2D eigenvalue weighted by atomic mass is 9.58. The Balaban J connectivity index is 1.58. The number of amides is 3. The molecule has 0 aromatic heterocycles. The number of ketones is 2. The first kappa shape index (κ1) is 31.9. The van der Waals surface area contributed by atoms with Crippen molar-refractivity contribution in [2.75, 3.05) is 43.7 Å². The molecule has 4 unspecified atom stereocenters. The third-order valence-electron chi connectivity index (χ3n) is 8.77. The van der Waals surface area contributed by atoms with Crippen LogP contribution in [-0.4, -0.2) is 93.6 Å². The average molecular weight is 637 g/mol. The van der Waals surface area contributed by atoms with E-state index in [0.29, 0.717) is 11.3 Å². The Hall–Kier alpha value is -5.48. The molecule has 3 aliphatic carbocycles. The zero-order valence-corrected chi connectivity index (χ0v) is 25.2. The number of hydrogen-bond donors (Lipinski definition) is 7. The maximum Gasteiger partial charge on any atom is 0.323 e. The van der Waals surface area contributed by atoms with E-state index in [1.165, 1.54) is 35.2 Å². The first-order chi connectivity index (χ1) is 21.5. The zero-order chi connectivity index (χ0) is 34.0. The number of fused-ring (bicyclic) bond motifs is 3. The molecule has 3 amide bonds. The van der Waals surface area contributed by atoms with Crippen molar-refractivity contribution in [1.82, 2.24) is 4.90 Å². The summed E-state index contributed by atoms with van der Waals surface area (Å²) in [5, 5.41) is 61.4. The number of aliphatic hydroxyl groups is 3. The minimum absolute atomic E-state index is 0.0604. The van der Waals surface area contributed by atoms with Gasteiger partial charge in [-0.3, -0.25) is 29.4 Å². The Bertz CT molecular complexity index is 1780. The van der Waals surface area contributed by atoms with E-state index < -0.39 is 74.7 Å². The Morgan fingerprint density at radius 3 is 2.24 bits per heavy atom. The number of primary amides is 1. The summed E-state index contributed by atoms with van der Waals surface area (Å²) in [7, 11) is 6.44. The Morgan fingerprint density at radius 2 is 1.70 bits per heavy atom. The minimum atomic E-state index is -2.79. The van der Waals surface area contributed by atoms with Gasteiger partial charge in [-0.05, 0) is 56.6 Å². The van der Waals surface area contributed by atoms with Crippen LogP contribution in [0, 0.1) is 22.0 Å². The zero-order valence-electron chi connectivity index (χ0n) is 25.2. The van der Waals surface area contributed by atoms with Gasteiger partial charge < -0.3 is 41.7 Å². The maximum atomic E-state index is 14.1. The molecule has 3 aliphatic rings. The summed E-state index contributed by atoms with van der Waals surface area (Å²) < 4.78 is 0. The van der Waals surface area contributed by atoms with Gasteiger partial charge in [0.05, 0.1) is 22.2 Å². The fraction of sp³-hybridized carbons (Fsp3) is 0.333. The summed E-state index contributed by atoms with van der Waals surface area (Å²) in [6, 6.07) is 4.48. The number of aliphatic hydroxyl groups excluding tert-OH is 2. The average Bonchev–Trinajstić information content (AvgIpc) is 2.96. The number of non-ortho nitro benzene ring substituents is 1. The Morgan fingerprint density at radius 1 is 1.07 bits per heavy atom. The fourth-order valence-electron chi connectivity index (χ4n) is 6.74. The lowest BCUT2D eigenvalue weighted by Crippen LogP contribution is -2.63. The number of phenols is 1. The number of Topliss-reactive ketones (excluding diaryl/α,β-unsaturated/α-hetero) is 2. The fourth-order valence-corrected chi connectivity index (χ4v) is 6.74. The molecule has 5 rings (SSSR count). The summed E-state index contributed by atoms with van der Waals surface area (Å²) in [5.74, 6) is -7.83. The SMILES string of the molecule is CN(C)c1cc(NC(=O)Nc2ccc([N+](=O)[O-])cc2)c(O)c2c1CC1CC3C(N(C)C)C(O)=C(C(N)=O)C(=O)C3(O)C(O)=C1C2=O. The van der Waals surface area contributed by atoms with Crippen molar-refractivity contribution >= 4 is 46.3 Å². The van der Waals surface area contributed by atoms with E-state index in [4.69, 9.17) is 5.73 Å². The maximum absolute atomic E-state index is 14.1. The predicted molar refractivity (Wildman–Crippen MR) is 164 cm³/mol. The Kier molecular flexibility index (Phi) is 7.74. The molecule has 0 heterocycles. The number of anilines is 3. The number of nitrogens with one attached hydrogen (secondary N) is 2. The molecule has 2 aromatic carbocycles. The number of allylic oxidation sites excluding steroid dienone is 1. The highest BCUT2D eigenvalue weighted by molar-refractivity contribution is 6.25. The molecule has 0 fully saturated rings. The van der Waals surface area contributed by atoms with Crippen LogP contribution in [0.2, 0.25) is 0 Å². The van der Waals surface area contributed by atoms with Crippen molar-refractivity contribution in [2.24, 2.45) is 17.6 Å². The van der Waals surface area contributed by atoms with Gasteiger partial charge >= 0.3 is 6.03 Å². The second kappa shape index (κ2) is 11.1. The molecule has 16 nitrogen and oxygen atoms in total. The molecular formula is C30H32N6O10. The standard InChI is InChI=1S/C30H32N6O10/c1-34(2)18-11-17(33-29(43)32-13-5-7-14(8-6-13)36(45)46)23(37)20-15(18)9-12-10-16-22(35(3)4)25(39)21(28(31)42)27(41)30(16,44)26(40)19(12)24(20)38/h5-8,11-12,16,22,37,39-40,44H,9-10H2,1-4H3,(H2,31,42)(H2,32,33,43). The third-order valence-corrected chi connectivity index (χ3v) is 8.77. The van der Waals surface area contributed by atoms with Crippen molar-refractivity contribution in [1.29, 1.82) is 0 Å². The molecule has 16 heteroatoms. The second-order valence-corrected chi connectivity index (χ2v) is 11.9. The molecule has 242 valence electrons. The third kappa shape index (κ3) is 4.78. The molecule has 0 saturated carbocycles. The first-order valence-corrected chi connectivity index (χ1v) is 14.0. The molecule has 0 radical (unpaired) electrons. The monoisotopic (exact) mass is 636 g/mol. The van der Waals surface area contributed by atoms with Crippen LogP contribution in [0.5, 0.6) is 5.75 Å². The normalized spacial score (nSPS) is 23.8. The van der Waals surface area contributed by atoms with Crippen LogP contribution in [0.3, 0.4) is 0 Å². The summed E-state index contributed by atoms with van der Waals surface area (Å²) >= 11 is 0. The highest BCUT2D eigenvalue weighted by Gasteiger charge is 2.63. The van der Waals surface area contributed by atoms with E-state index in [-0.39, 0.29) is 41.0 Å². The van der Waals surface area contributed by atoms with E-state index in [1.54, 1.807) is 33.1 Å². The molecule has 0 aliphatic heterocycles. The van der Waals surface area contributed by atoms with Crippen LogP contribution in [-0.2, 0) is 16.0 Å². The lowest BCUT2D eigenvalue weighted by Gasteiger charge is -2.50. The van der Waals surface area contributed by atoms with Gasteiger partial charge in [0.15, 0.2) is 17.1 Å². The van der Waals surface area contributed by atoms with Gasteiger partial charge in [0, 0.05) is 49.1 Å². The number of carbonyl (C=O) groups is 4. The largest absolute Gasteiger partial charge is 0.510 e. The number of likely N-dealkylation sites (N-methyl/N-ethyl adjacent to an activating group) is 1. The van der Waals surface area contributed by atoms with E-state index in [0.717, 1.165) is 0 Å². The number of nitrogens with two attached hydrogens (primary N) is 1. The van der Waals surface area contributed by atoms with E-state index in [1.807, 2.05) is 0 Å². The Labute approximate surface area is 261 Å². The number of nitro groups is 1. The molecule has 0 bridgehead atoms. The molecule has 2 aromatic rings. The molecule has 8 N–H and O–H groups in total. The number of hydrogen-bond acceptors (Lipinski definition) is 12. The van der Waals surface area contributed by atoms with Crippen molar-refractivity contribution in [3.05, 3.63) is 74.2 Å². The number of aromatic hydroxyl groups is 1. The lowest BCUT2D eigenvalue weighted by molar-refractivity contribution is -0.384. The quantitative estimate of drug-likeness (QED) is 0.104. The van der Waals surface area contributed by atoms with Gasteiger partial charge in [-0.25, -0.2) is 4.79 Å². The molecule has 4 atom stereocenters. The highest BCUT2D eigenvalue weighted by Crippen LogP contribution is 2.54. The van der Waals surface area contributed by atoms with Gasteiger partial charge in [-0.1, -0.05) is 0 Å². The molecule has 0 spiro atoms. The van der Waals surface area contributed by atoms with Gasteiger partial charge in [-0.2, -0.15) is 0 Å². The highest BCUT2D eigenvalue weighted by atomic mass is 16.6. The topological polar surface area (TPSA) is 249 Å². The first-order valence-electron chi connectivity index (χ1n) is 14.0. The minimum Gasteiger partial charge on any atom is -0.510 e. The molecule has 46 heavy (non-hydrogen) atoms. The van der Waals surface area contributed by atoms with Crippen molar-refractivity contribution in [2.45, 2.75) is 24.5 Å². The number of nitro benzene ring substituents is 1. The van der Waals surface area contributed by atoms with Crippen LogP contribution >= 0.6 is 0 Å². The number of phenolic OH excluding ortho intramolecular Hbond substituents is 1. The molecule has 0 saturated heterocycles. The second-order valence-electron chi connectivity index (χ2n) is 11.9. The van der Waals surface area contributed by atoms with Crippen molar-refractivity contribution in [3.63, 3.8) is 0 Å². The number of benzene rings is 2. The number of carbonyl (C=O) groups excluding carboxylic acids is 4. The summed E-state index contributed by atoms with van der Waals surface area (Å²) in [6.07, 6.45) is -0.0120. The summed E-state index contributed by atoms with van der Waals surface area (Å²) in [4.78, 5) is 66.1. The summed E-state index contributed by atoms with van der Waals surface area (Å²) in [5.41, 5.74) is 1.70. The van der Waals surface area contributed by atoms with E-state index in [9.17, 15) is 49.7 Å². The van der Waals surface area contributed by atoms with Crippen molar-refractivity contribution < 1.29 is 44.5 Å². The van der Waals surface area contributed by atoms with Gasteiger partial charge in [0.25, 0.3) is 11.6 Å². The van der Waals surface area contributed by atoms with E-state index in [2.05, 4.69) is 10.6 Å². The number of nitrogens with zero attached hydrogens (tertiary/aromatic N) is 3. The van der Waals surface area contributed by atoms with Crippen LogP contribution < -0.4 is 21.3 Å².